The van der Waals surface area contributed by atoms with Crippen LogP contribution < -0.4 is 10.1 Å². The second-order valence-corrected chi connectivity index (χ2v) is 4.79. The van der Waals surface area contributed by atoms with E-state index >= 15 is 0 Å². The molecular formula is C14H21NO2. The highest BCUT2D eigenvalue weighted by Gasteiger charge is 2.21. The minimum Gasteiger partial charge on any atom is -0.504 e. The van der Waals surface area contributed by atoms with Crippen LogP contribution in [0.5, 0.6) is 11.5 Å². The predicted octanol–water partition coefficient (Wildman–Crippen LogP) is 2.48. The predicted molar refractivity (Wildman–Crippen MR) is 69.0 cm³/mol. The normalized spacial score (nSPS) is 17.1. The maximum Gasteiger partial charge on any atom is 0.161 e. The number of hydrogen-bond acceptors (Lipinski definition) is 3. The highest BCUT2D eigenvalue weighted by molar-refractivity contribution is 5.53. The van der Waals surface area contributed by atoms with Gasteiger partial charge in [0.15, 0.2) is 11.5 Å². The van der Waals surface area contributed by atoms with E-state index in [9.17, 15) is 5.11 Å². The van der Waals surface area contributed by atoms with Gasteiger partial charge in [-0.3, -0.25) is 0 Å². The van der Waals surface area contributed by atoms with Gasteiger partial charge in [0.1, 0.15) is 0 Å². The molecule has 0 atom stereocenters. The van der Waals surface area contributed by atoms with E-state index < -0.39 is 0 Å². The third kappa shape index (κ3) is 2.25. The molecule has 1 fully saturated rings. The Morgan fingerprint density at radius 2 is 1.88 bits per heavy atom. The van der Waals surface area contributed by atoms with Crippen LogP contribution >= 0.6 is 0 Å². The molecule has 2 N–H and O–H groups in total. The lowest BCUT2D eigenvalue weighted by molar-refractivity contribution is 0.369. The number of ether oxygens (including phenoxy) is 1. The van der Waals surface area contributed by atoms with Crippen molar-refractivity contribution in [2.75, 3.05) is 20.2 Å². The van der Waals surface area contributed by atoms with Crippen LogP contribution in [0.15, 0.2) is 6.07 Å². The number of methoxy groups -OCH3 is 1. The smallest absolute Gasteiger partial charge is 0.161 e. The third-order valence-corrected chi connectivity index (χ3v) is 3.87. The van der Waals surface area contributed by atoms with Crippen molar-refractivity contribution < 1.29 is 9.84 Å². The quantitative estimate of drug-likeness (QED) is 0.827. The summed E-state index contributed by atoms with van der Waals surface area (Å²) < 4.78 is 5.25. The summed E-state index contributed by atoms with van der Waals surface area (Å²) in [5.41, 5.74) is 3.48. The van der Waals surface area contributed by atoms with Gasteiger partial charge in [-0.1, -0.05) is 0 Å². The lowest BCUT2D eigenvalue weighted by atomic mass is 9.85. The average molecular weight is 235 g/mol. The Morgan fingerprint density at radius 1 is 1.24 bits per heavy atom. The fraction of sp³-hybridized carbons (Fsp3) is 0.571. The van der Waals surface area contributed by atoms with Crippen LogP contribution in [0.3, 0.4) is 0 Å². The number of phenols is 1. The van der Waals surface area contributed by atoms with Crippen LogP contribution in [-0.2, 0) is 0 Å². The molecule has 94 valence electrons. The largest absolute Gasteiger partial charge is 0.504 e. The topological polar surface area (TPSA) is 41.5 Å². The number of phenolic OH excluding ortho intramolecular Hbond substituents is 1. The molecule has 0 bridgehead atoms. The Balaban J connectivity index is 2.42. The van der Waals surface area contributed by atoms with Crippen molar-refractivity contribution in [1.82, 2.24) is 5.32 Å². The van der Waals surface area contributed by atoms with E-state index in [2.05, 4.69) is 12.2 Å². The van der Waals surface area contributed by atoms with Gasteiger partial charge in [0.05, 0.1) is 7.11 Å². The van der Waals surface area contributed by atoms with Crippen LogP contribution in [-0.4, -0.2) is 25.3 Å². The summed E-state index contributed by atoms with van der Waals surface area (Å²) in [6, 6.07) is 2.01. The van der Waals surface area contributed by atoms with E-state index in [1.54, 1.807) is 7.11 Å². The van der Waals surface area contributed by atoms with Crippen molar-refractivity contribution in [3.05, 3.63) is 22.8 Å². The van der Waals surface area contributed by atoms with Crippen LogP contribution in [0.25, 0.3) is 0 Å². The maximum absolute atomic E-state index is 9.96. The zero-order chi connectivity index (χ0) is 12.4. The fourth-order valence-electron chi connectivity index (χ4n) is 2.61. The van der Waals surface area contributed by atoms with E-state index in [1.807, 2.05) is 13.0 Å². The average Bonchev–Trinajstić information content (AvgIpc) is 2.37. The third-order valence-electron chi connectivity index (χ3n) is 3.87. The Morgan fingerprint density at radius 3 is 2.47 bits per heavy atom. The van der Waals surface area contributed by atoms with Crippen molar-refractivity contribution in [3.63, 3.8) is 0 Å². The first kappa shape index (κ1) is 12.2. The standard InChI is InChI=1S/C14H21NO2/c1-9-10(2)14(16)13(17-3)8-12(9)11-4-6-15-7-5-11/h8,11,15-16H,4-7H2,1-3H3. The summed E-state index contributed by atoms with van der Waals surface area (Å²) in [7, 11) is 1.61. The van der Waals surface area contributed by atoms with Gasteiger partial charge >= 0.3 is 0 Å². The molecule has 0 aliphatic carbocycles. The van der Waals surface area contributed by atoms with E-state index in [-0.39, 0.29) is 5.75 Å². The van der Waals surface area contributed by atoms with Crippen molar-refractivity contribution >= 4 is 0 Å². The summed E-state index contributed by atoms with van der Waals surface area (Å²) in [4.78, 5) is 0. The van der Waals surface area contributed by atoms with E-state index in [1.165, 1.54) is 11.1 Å². The Hall–Kier alpha value is -1.22. The molecular weight excluding hydrogens is 214 g/mol. The number of piperidine rings is 1. The highest BCUT2D eigenvalue weighted by Crippen LogP contribution is 2.39. The van der Waals surface area contributed by atoms with Crippen LogP contribution in [0.2, 0.25) is 0 Å². The van der Waals surface area contributed by atoms with Crippen molar-refractivity contribution in [1.29, 1.82) is 0 Å². The molecule has 0 amide bonds. The number of nitrogens with one attached hydrogen (secondary N) is 1. The van der Waals surface area contributed by atoms with Gasteiger partial charge in [0, 0.05) is 0 Å². The Kier molecular flexibility index (Phi) is 3.57. The van der Waals surface area contributed by atoms with Gasteiger partial charge in [-0.15, -0.1) is 0 Å². The summed E-state index contributed by atoms with van der Waals surface area (Å²) in [6.07, 6.45) is 2.32. The molecule has 2 rings (SSSR count). The van der Waals surface area contributed by atoms with Gasteiger partial charge < -0.3 is 15.2 Å². The molecule has 1 saturated heterocycles. The minimum absolute atomic E-state index is 0.280. The molecule has 1 aliphatic rings. The van der Waals surface area contributed by atoms with Gasteiger partial charge in [-0.05, 0) is 68.5 Å². The molecule has 1 aromatic carbocycles. The first-order chi connectivity index (χ1) is 8.15. The van der Waals surface area contributed by atoms with E-state index in [0.717, 1.165) is 31.5 Å². The Labute approximate surface area is 103 Å². The molecule has 0 unspecified atom stereocenters. The number of hydrogen-bond donors (Lipinski definition) is 2. The molecule has 1 heterocycles. The SMILES string of the molecule is COc1cc(C2CCNCC2)c(C)c(C)c1O. The van der Waals surface area contributed by atoms with Gasteiger partial charge in [0.25, 0.3) is 0 Å². The molecule has 0 saturated carbocycles. The summed E-state index contributed by atoms with van der Waals surface area (Å²) >= 11 is 0. The molecule has 0 radical (unpaired) electrons. The summed E-state index contributed by atoms with van der Waals surface area (Å²) in [5, 5.41) is 13.3. The lowest BCUT2D eigenvalue weighted by Crippen LogP contribution is -2.27. The fourth-order valence-corrected chi connectivity index (χ4v) is 2.61. The van der Waals surface area contributed by atoms with Crippen LogP contribution in [0.1, 0.15) is 35.4 Å². The monoisotopic (exact) mass is 235 g/mol. The van der Waals surface area contributed by atoms with E-state index in [0.29, 0.717) is 11.7 Å². The number of aromatic hydroxyl groups is 1. The number of benzene rings is 1. The second kappa shape index (κ2) is 4.96. The first-order valence-electron chi connectivity index (χ1n) is 6.23. The summed E-state index contributed by atoms with van der Waals surface area (Å²) in [6.45, 7) is 6.20. The molecule has 0 spiro atoms. The van der Waals surface area contributed by atoms with Crippen LogP contribution in [0.4, 0.5) is 0 Å². The van der Waals surface area contributed by atoms with Crippen molar-refractivity contribution in [3.8, 4) is 11.5 Å². The van der Waals surface area contributed by atoms with Gasteiger partial charge in [0.2, 0.25) is 0 Å². The molecule has 17 heavy (non-hydrogen) atoms. The van der Waals surface area contributed by atoms with Gasteiger partial charge in [-0.25, -0.2) is 0 Å². The summed E-state index contributed by atoms with van der Waals surface area (Å²) in [5.74, 6) is 1.47. The van der Waals surface area contributed by atoms with Crippen molar-refractivity contribution in [2.24, 2.45) is 0 Å². The lowest BCUT2D eigenvalue weighted by Gasteiger charge is -2.26. The molecule has 0 aromatic heterocycles. The molecule has 1 aromatic rings. The van der Waals surface area contributed by atoms with Crippen LogP contribution in [0, 0.1) is 13.8 Å². The molecule has 1 aliphatic heterocycles. The Bertz CT molecular complexity index is 409. The zero-order valence-electron chi connectivity index (χ0n) is 10.8. The first-order valence-corrected chi connectivity index (χ1v) is 6.23. The molecule has 3 nitrogen and oxygen atoms in total. The van der Waals surface area contributed by atoms with Gasteiger partial charge in [-0.2, -0.15) is 0 Å². The van der Waals surface area contributed by atoms with E-state index in [4.69, 9.17) is 4.74 Å². The minimum atomic E-state index is 0.280. The molecule has 3 heteroatoms. The van der Waals surface area contributed by atoms with Crippen molar-refractivity contribution in [2.45, 2.75) is 32.6 Å². The maximum atomic E-state index is 9.96. The number of rotatable bonds is 2. The highest BCUT2D eigenvalue weighted by atomic mass is 16.5. The zero-order valence-corrected chi connectivity index (χ0v) is 10.8. The second-order valence-electron chi connectivity index (χ2n) is 4.79.